The average molecular weight is 279 g/mol. The second-order valence-electron chi connectivity index (χ2n) is 6.22. The summed E-state index contributed by atoms with van der Waals surface area (Å²) in [6.45, 7) is 3.03. The topological polar surface area (TPSA) is 21.3 Å². The summed E-state index contributed by atoms with van der Waals surface area (Å²) in [4.78, 5) is 0. The van der Waals surface area contributed by atoms with Gasteiger partial charge in [-0.25, -0.2) is 0 Å². The Labute approximate surface area is 126 Å². The van der Waals surface area contributed by atoms with E-state index >= 15 is 0 Å². The van der Waals surface area contributed by atoms with Crippen LogP contribution in [0.2, 0.25) is 0 Å². The zero-order valence-electron chi connectivity index (χ0n) is 12.4. The molecule has 0 unspecified atom stereocenters. The van der Waals surface area contributed by atoms with Gasteiger partial charge in [0.2, 0.25) is 0 Å². The van der Waals surface area contributed by atoms with Crippen molar-refractivity contribution in [2.75, 3.05) is 11.9 Å². The average Bonchev–Trinajstić information content (AvgIpc) is 2.54. The first-order valence-corrected chi connectivity index (χ1v) is 7.86. The maximum absolute atomic E-state index is 6.16. The van der Waals surface area contributed by atoms with Crippen LogP contribution in [0.25, 0.3) is 0 Å². The largest absolute Gasteiger partial charge is 0.378 e. The number of hydrogen-bond donors (Lipinski definition) is 1. The van der Waals surface area contributed by atoms with Crippen LogP contribution < -0.4 is 5.32 Å². The Morgan fingerprint density at radius 3 is 2.81 bits per heavy atom. The fraction of sp³-hybridized carbons (Fsp3) is 0.368. The molecule has 2 heterocycles. The molecule has 0 radical (unpaired) electrons. The Kier molecular flexibility index (Phi) is 3.19. The number of ether oxygens (including phenoxy) is 1. The van der Waals surface area contributed by atoms with Crippen molar-refractivity contribution in [3.8, 4) is 0 Å². The summed E-state index contributed by atoms with van der Waals surface area (Å²) in [6, 6.07) is 17.8. The molecular formula is C19H21NO. The zero-order valence-corrected chi connectivity index (χ0v) is 12.4. The predicted molar refractivity (Wildman–Crippen MR) is 85.4 cm³/mol. The molecule has 2 aromatic rings. The van der Waals surface area contributed by atoms with Gasteiger partial charge in [0.15, 0.2) is 0 Å². The molecule has 1 N–H and O–H groups in total. The Balaban J connectivity index is 1.79. The number of fused-ring (bicyclic) bond motifs is 3. The summed E-state index contributed by atoms with van der Waals surface area (Å²) in [5.41, 5.74) is 5.23. The second-order valence-corrected chi connectivity index (χ2v) is 6.22. The van der Waals surface area contributed by atoms with Crippen LogP contribution in [0.5, 0.6) is 0 Å². The molecule has 2 nitrogen and oxygen atoms in total. The van der Waals surface area contributed by atoms with E-state index < -0.39 is 0 Å². The molecule has 0 aromatic heterocycles. The smallest absolute Gasteiger partial charge is 0.0895 e. The van der Waals surface area contributed by atoms with Crippen LogP contribution in [0.4, 0.5) is 5.69 Å². The van der Waals surface area contributed by atoms with E-state index in [1.807, 2.05) is 0 Å². The first-order valence-electron chi connectivity index (χ1n) is 7.86. The van der Waals surface area contributed by atoms with Crippen molar-refractivity contribution in [3.63, 3.8) is 0 Å². The Bertz CT molecular complexity index is 637. The highest BCUT2D eigenvalue weighted by molar-refractivity contribution is 5.58. The van der Waals surface area contributed by atoms with Crippen LogP contribution in [0, 0.1) is 12.8 Å². The van der Waals surface area contributed by atoms with E-state index in [2.05, 4.69) is 60.8 Å². The van der Waals surface area contributed by atoms with E-state index in [9.17, 15) is 0 Å². The van der Waals surface area contributed by atoms with Gasteiger partial charge in [0, 0.05) is 23.8 Å². The van der Waals surface area contributed by atoms with Gasteiger partial charge in [0.1, 0.15) is 0 Å². The van der Waals surface area contributed by atoms with E-state index in [0.29, 0.717) is 12.0 Å². The number of nitrogens with one attached hydrogen (secondary N) is 1. The lowest BCUT2D eigenvalue weighted by Gasteiger charge is -2.43. The first-order chi connectivity index (χ1) is 10.3. The van der Waals surface area contributed by atoms with E-state index in [1.54, 1.807) is 0 Å². The number of benzene rings is 2. The van der Waals surface area contributed by atoms with Gasteiger partial charge in [-0.1, -0.05) is 42.5 Å². The molecule has 0 amide bonds. The third-order valence-electron chi connectivity index (χ3n) is 4.78. The van der Waals surface area contributed by atoms with Crippen LogP contribution in [-0.2, 0) is 4.74 Å². The Hall–Kier alpha value is -1.80. The molecule has 21 heavy (non-hydrogen) atoms. The molecule has 1 fully saturated rings. The summed E-state index contributed by atoms with van der Waals surface area (Å²) in [5, 5.41) is 3.77. The molecule has 3 atom stereocenters. The van der Waals surface area contributed by atoms with Crippen molar-refractivity contribution in [2.24, 2.45) is 5.92 Å². The third kappa shape index (κ3) is 2.24. The minimum absolute atomic E-state index is 0.237. The molecule has 0 spiro atoms. The van der Waals surface area contributed by atoms with Gasteiger partial charge in [-0.05, 0) is 37.0 Å². The minimum atomic E-state index is 0.237. The molecular weight excluding hydrogens is 258 g/mol. The van der Waals surface area contributed by atoms with Crippen LogP contribution in [0.15, 0.2) is 48.5 Å². The molecule has 2 aliphatic heterocycles. The molecule has 2 aromatic carbocycles. The van der Waals surface area contributed by atoms with Crippen LogP contribution in [0.3, 0.4) is 0 Å². The summed E-state index contributed by atoms with van der Waals surface area (Å²) in [5.74, 6) is 0.524. The van der Waals surface area contributed by atoms with Gasteiger partial charge in [-0.2, -0.15) is 0 Å². The highest BCUT2D eigenvalue weighted by Gasteiger charge is 2.39. The van der Waals surface area contributed by atoms with E-state index in [0.717, 1.165) is 13.0 Å². The molecule has 108 valence electrons. The van der Waals surface area contributed by atoms with Crippen molar-refractivity contribution in [1.82, 2.24) is 0 Å². The molecule has 1 saturated heterocycles. The molecule has 0 bridgehead atoms. The lowest BCUT2D eigenvalue weighted by atomic mass is 9.77. The quantitative estimate of drug-likeness (QED) is 0.821. The molecule has 0 aliphatic carbocycles. The number of aryl methyl sites for hydroxylation is 1. The summed E-state index contributed by atoms with van der Waals surface area (Å²) in [6.07, 6.45) is 2.62. The van der Waals surface area contributed by atoms with Crippen molar-refractivity contribution in [2.45, 2.75) is 31.9 Å². The van der Waals surface area contributed by atoms with Crippen molar-refractivity contribution in [3.05, 3.63) is 65.2 Å². The number of rotatable bonds is 1. The fourth-order valence-corrected chi connectivity index (χ4v) is 3.77. The monoisotopic (exact) mass is 279 g/mol. The van der Waals surface area contributed by atoms with Gasteiger partial charge in [-0.3, -0.25) is 0 Å². The standard InChI is InChI=1S/C19H21NO/c1-13-9-10-15-17(12-13)20-18(14-6-3-2-4-7-14)16-8-5-11-21-19(15)16/h2-4,6-7,9-10,12,16,18-20H,5,8,11H2,1H3/t16-,18-,19+/m0/s1. The highest BCUT2D eigenvalue weighted by Crippen LogP contribution is 2.49. The van der Waals surface area contributed by atoms with Gasteiger partial charge in [0.05, 0.1) is 12.1 Å². The summed E-state index contributed by atoms with van der Waals surface area (Å²) in [7, 11) is 0. The molecule has 2 heteroatoms. The fourth-order valence-electron chi connectivity index (χ4n) is 3.77. The lowest BCUT2D eigenvalue weighted by Crippen LogP contribution is -2.36. The third-order valence-corrected chi connectivity index (χ3v) is 4.78. The SMILES string of the molecule is Cc1ccc2c(c1)N[C@@H](c1ccccc1)[C@@H]1CCCO[C@H]21. The van der Waals surface area contributed by atoms with E-state index in [4.69, 9.17) is 4.74 Å². The van der Waals surface area contributed by atoms with E-state index in [-0.39, 0.29) is 6.10 Å². The number of hydrogen-bond acceptors (Lipinski definition) is 2. The molecule has 0 saturated carbocycles. The van der Waals surface area contributed by atoms with E-state index in [1.165, 1.54) is 28.8 Å². The van der Waals surface area contributed by atoms with Crippen LogP contribution in [-0.4, -0.2) is 6.61 Å². The van der Waals surface area contributed by atoms with Gasteiger partial charge >= 0.3 is 0 Å². The Morgan fingerprint density at radius 2 is 1.95 bits per heavy atom. The van der Waals surface area contributed by atoms with Crippen LogP contribution >= 0.6 is 0 Å². The van der Waals surface area contributed by atoms with Crippen molar-refractivity contribution >= 4 is 5.69 Å². The lowest BCUT2D eigenvalue weighted by molar-refractivity contribution is -0.0381. The van der Waals surface area contributed by atoms with Gasteiger partial charge in [0.25, 0.3) is 0 Å². The second kappa shape index (κ2) is 5.19. The van der Waals surface area contributed by atoms with Gasteiger partial charge in [-0.15, -0.1) is 0 Å². The predicted octanol–water partition coefficient (Wildman–Crippen LogP) is 4.63. The van der Waals surface area contributed by atoms with Crippen molar-refractivity contribution < 1.29 is 4.74 Å². The zero-order chi connectivity index (χ0) is 14.2. The minimum Gasteiger partial charge on any atom is -0.378 e. The van der Waals surface area contributed by atoms with Crippen molar-refractivity contribution in [1.29, 1.82) is 0 Å². The van der Waals surface area contributed by atoms with Crippen LogP contribution in [0.1, 0.15) is 41.7 Å². The summed E-state index contributed by atoms with van der Waals surface area (Å²) < 4.78 is 6.16. The highest BCUT2D eigenvalue weighted by atomic mass is 16.5. The maximum Gasteiger partial charge on any atom is 0.0895 e. The van der Waals surface area contributed by atoms with Gasteiger partial charge < -0.3 is 10.1 Å². The number of anilines is 1. The molecule has 4 rings (SSSR count). The molecule has 2 aliphatic rings. The Morgan fingerprint density at radius 1 is 1.10 bits per heavy atom. The summed E-state index contributed by atoms with van der Waals surface area (Å²) >= 11 is 0. The maximum atomic E-state index is 6.16. The normalized spacial score (nSPS) is 27.4. The first kappa shape index (κ1) is 12.9.